The standard InChI is InChI=1S/C17H30N4O8S2/c1-8(22)13(18)16(27)20-10(5-6-31-2)15(26)19-9(3-4-12(23)24)14(25)21-11(7-30)17(28)29/h8-11,13,22,30H,3-7,18H2,1-2H3,(H,19,26)(H,20,27)(H,21,25)(H,23,24)(H,28,29). The number of aliphatic carboxylic acids is 2. The van der Waals surface area contributed by atoms with E-state index in [1.54, 1.807) is 6.26 Å². The molecule has 5 atom stereocenters. The molecular formula is C17H30N4O8S2. The Hall–Kier alpha value is -2.03. The van der Waals surface area contributed by atoms with E-state index >= 15 is 0 Å². The molecule has 0 rings (SSSR count). The maximum atomic E-state index is 12.7. The maximum Gasteiger partial charge on any atom is 0.327 e. The first-order chi connectivity index (χ1) is 14.4. The van der Waals surface area contributed by atoms with Gasteiger partial charge in [0.1, 0.15) is 24.2 Å². The molecule has 0 aliphatic heterocycles. The first-order valence-corrected chi connectivity index (χ1v) is 11.4. The third-order valence-electron chi connectivity index (χ3n) is 4.14. The van der Waals surface area contributed by atoms with Gasteiger partial charge in [-0.1, -0.05) is 0 Å². The van der Waals surface area contributed by atoms with Crippen LogP contribution in [0.5, 0.6) is 0 Å². The molecule has 5 unspecified atom stereocenters. The van der Waals surface area contributed by atoms with Crippen molar-refractivity contribution >= 4 is 54.1 Å². The maximum absolute atomic E-state index is 12.7. The summed E-state index contributed by atoms with van der Waals surface area (Å²) in [5.41, 5.74) is 5.57. The number of carboxylic acids is 2. The van der Waals surface area contributed by atoms with Gasteiger partial charge in [0.15, 0.2) is 0 Å². The summed E-state index contributed by atoms with van der Waals surface area (Å²) in [5.74, 6) is -4.76. The van der Waals surface area contributed by atoms with Crippen LogP contribution in [0.25, 0.3) is 0 Å². The second-order valence-electron chi connectivity index (χ2n) is 6.68. The molecule has 0 fully saturated rings. The van der Waals surface area contributed by atoms with Crippen molar-refractivity contribution in [3.05, 3.63) is 0 Å². The second-order valence-corrected chi connectivity index (χ2v) is 8.04. The van der Waals surface area contributed by atoms with E-state index in [2.05, 4.69) is 28.6 Å². The lowest BCUT2D eigenvalue weighted by molar-refractivity contribution is -0.142. The van der Waals surface area contributed by atoms with E-state index in [1.165, 1.54) is 18.7 Å². The smallest absolute Gasteiger partial charge is 0.327 e. The van der Waals surface area contributed by atoms with E-state index in [9.17, 15) is 29.1 Å². The third-order valence-corrected chi connectivity index (χ3v) is 5.15. The molecule has 0 aromatic rings. The van der Waals surface area contributed by atoms with Crippen LogP contribution in [0, 0.1) is 0 Å². The number of carbonyl (C=O) groups is 5. The number of aliphatic hydroxyl groups is 1. The lowest BCUT2D eigenvalue weighted by Crippen LogP contribution is -2.58. The van der Waals surface area contributed by atoms with Crippen LogP contribution in [-0.4, -0.2) is 93.0 Å². The summed E-state index contributed by atoms with van der Waals surface area (Å²) in [5, 5.41) is 34.4. The van der Waals surface area contributed by atoms with Gasteiger partial charge in [0.05, 0.1) is 6.10 Å². The highest BCUT2D eigenvalue weighted by molar-refractivity contribution is 7.98. The zero-order chi connectivity index (χ0) is 24.1. The Labute approximate surface area is 189 Å². The lowest BCUT2D eigenvalue weighted by Gasteiger charge is -2.25. The average Bonchev–Trinajstić information content (AvgIpc) is 2.70. The highest BCUT2D eigenvalue weighted by Crippen LogP contribution is 2.06. The van der Waals surface area contributed by atoms with Gasteiger partial charge in [0.2, 0.25) is 17.7 Å². The number of amides is 3. The van der Waals surface area contributed by atoms with Crippen LogP contribution < -0.4 is 21.7 Å². The summed E-state index contributed by atoms with van der Waals surface area (Å²) in [6.07, 6.45) is 0.0266. The summed E-state index contributed by atoms with van der Waals surface area (Å²) >= 11 is 5.24. The van der Waals surface area contributed by atoms with E-state index in [-0.39, 0.29) is 18.6 Å². The van der Waals surface area contributed by atoms with Gasteiger partial charge in [-0.25, -0.2) is 4.79 Å². The van der Waals surface area contributed by atoms with Crippen LogP contribution in [0.1, 0.15) is 26.2 Å². The number of thioether (sulfide) groups is 1. The molecule has 0 heterocycles. The molecule has 0 aliphatic rings. The third kappa shape index (κ3) is 11.2. The fraction of sp³-hybridized carbons (Fsp3) is 0.706. The summed E-state index contributed by atoms with van der Waals surface area (Å²) in [6.45, 7) is 1.31. The van der Waals surface area contributed by atoms with Crippen LogP contribution in [0.2, 0.25) is 0 Å². The van der Waals surface area contributed by atoms with Crippen LogP contribution in [0.3, 0.4) is 0 Å². The van der Waals surface area contributed by atoms with Crippen LogP contribution in [0.4, 0.5) is 0 Å². The first-order valence-electron chi connectivity index (χ1n) is 9.33. The topological polar surface area (TPSA) is 208 Å². The van der Waals surface area contributed by atoms with Crippen molar-refractivity contribution in [3.63, 3.8) is 0 Å². The van der Waals surface area contributed by atoms with E-state index in [4.69, 9.17) is 15.9 Å². The van der Waals surface area contributed by atoms with Gasteiger partial charge in [-0.15, -0.1) is 0 Å². The molecule has 3 amide bonds. The predicted octanol–water partition coefficient (Wildman–Crippen LogP) is -2.22. The van der Waals surface area contributed by atoms with Crippen molar-refractivity contribution in [2.24, 2.45) is 5.73 Å². The van der Waals surface area contributed by atoms with Gasteiger partial charge in [-0.3, -0.25) is 19.2 Å². The Balaban J connectivity index is 5.43. The zero-order valence-corrected chi connectivity index (χ0v) is 18.9. The highest BCUT2D eigenvalue weighted by atomic mass is 32.2. The summed E-state index contributed by atoms with van der Waals surface area (Å²) in [7, 11) is 0. The van der Waals surface area contributed by atoms with E-state index < -0.39 is 66.4 Å². The molecule has 14 heteroatoms. The lowest BCUT2D eigenvalue weighted by atomic mass is 10.1. The molecular weight excluding hydrogens is 452 g/mol. The number of carboxylic acid groups (broad SMARTS) is 2. The average molecular weight is 483 g/mol. The summed E-state index contributed by atoms with van der Waals surface area (Å²) < 4.78 is 0. The number of nitrogens with one attached hydrogen (secondary N) is 3. The van der Waals surface area contributed by atoms with Crippen molar-refractivity contribution < 1.29 is 39.3 Å². The number of thiol groups is 1. The number of carbonyl (C=O) groups excluding carboxylic acids is 3. The largest absolute Gasteiger partial charge is 0.481 e. The molecule has 0 saturated carbocycles. The molecule has 0 aromatic heterocycles. The van der Waals surface area contributed by atoms with Gasteiger partial charge < -0.3 is 37.0 Å². The Kier molecular flexibility index (Phi) is 13.9. The number of rotatable bonds is 15. The monoisotopic (exact) mass is 482 g/mol. The highest BCUT2D eigenvalue weighted by Gasteiger charge is 2.30. The molecule has 0 radical (unpaired) electrons. The van der Waals surface area contributed by atoms with Crippen LogP contribution in [-0.2, 0) is 24.0 Å². The quantitative estimate of drug-likeness (QED) is 0.118. The Bertz CT molecular complexity index is 650. The Morgan fingerprint density at radius 3 is 1.84 bits per heavy atom. The van der Waals surface area contributed by atoms with Crippen LogP contribution >= 0.6 is 24.4 Å². The van der Waals surface area contributed by atoms with Gasteiger partial charge in [0.25, 0.3) is 0 Å². The van der Waals surface area contributed by atoms with E-state index in [0.717, 1.165) is 0 Å². The fourth-order valence-corrected chi connectivity index (χ4v) is 2.98. The van der Waals surface area contributed by atoms with Crippen molar-refractivity contribution in [2.75, 3.05) is 17.8 Å². The molecule has 0 aliphatic carbocycles. The van der Waals surface area contributed by atoms with Gasteiger partial charge >= 0.3 is 11.9 Å². The Morgan fingerprint density at radius 2 is 1.42 bits per heavy atom. The van der Waals surface area contributed by atoms with Gasteiger partial charge in [0, 0.05) is 12.2 Å². The van der Waals surface area contributed by atoms with E-state index in [1.807, 2.05) is 0 Å². The van der Waals surface area contributed by atoms with Crippen molar-refractivity contribution in [2.45, 2.75) is 56.5 Å². The molecule has 0 bridgehead atoms. The Morgan fingerprint density at radius 1 is 0.935 bits per heavy atom. The van der Waals surface area contributed by atoms with Crippen LogP contribution in [0.15, 0.2) is 0 Å². The molecule has 0 spiro atoms. The SMILES string of the molecule is CSCCC(NC(=O)C(N)C(C)O)C(=O)NC(CCC(=O)O)C(=O)NC(CS)C(=O)O. The molecule has 0 saturated heterocycles. The minimum Gasteiger partial charge on any atom is -0.481 e. The normalized spacial score (nSPS) is 15.6. The number of aliphatic hydroxyl groups excluding tert-OH is 1. The van der Waals surface area contributed by atoms with E-state index in [0.29, 0.717) is 5.75 Å². The number of hydrogen-bond acceptors (Lipinski definition) is 9. The number of hydrogen-bond donors (Lipinski definition) is 8. The molecule has 178 valence electrons. The first kappa shape index (κ1) is 29.0. The summed E-state index contributed by atoms with van der Waals surface area (Å²) in [4.78, 5) is 59.4. The number of nitrogens with two attached hydrogens (primary N) is 1. The van der Waals surface area contributed by atoms with Gasteiger partial charge in [-0.2, -0.15) is 24.4 Å². The van der Waals surface area contributed by atoms with Crippen molar-refractivity contribution in [1.29, 1.82) is 0 Å². The molecule has 12 nitrogen and oxygen atoms in total. The van der Waals surface area contributed by atoms with Crippen molar-refractivity contribution in [3.8, 4) is 0 Å². The minimum atomic E-state index is -1.36. The zero-order valence-electron chi connectivity index (χ0n) is 17.2. The molecule has 0 aromatic carbocycles. The predicted molar refractivity (Wildman–Crippen MR) is 117 cm³/mol. The van der Waals surface area contributed by atoms with Gasteiger partial charge in [-0.05, 0) is 31.8 Å². The second kappa shape index (κ2) is 14.9. The fourth-order valence-electron chi connectivity index (χ4n) is 2.26. The molecule has 31 heavy (non-hydrogen) atoms. The van der Waals surface area contributed by atoms with Crippen molar-refractivity contribution in [1.82, 2.24) is 16.0 Å². The minimum absolute atomic E-state index is 0.174. The molecule has 8 N–H and O–H groups in total. The summed E-state index contributed by atoms with van der Waals surface area (Å²) in [6, 6.07) is -5.08.